The second-order valence-electron chi connectivity index (χ2n) is 6.24. The van der Waals surface area contributed by atoms with Gasteiger partial charge in [-0.15, -0.1) is 0 Å². The molecule has 1 fully saturated rings. The summed E-state index contributed by atoms with van der Waals surface area (Å²) in [4.78, 5) is 16.5. The van der Waals surface area contributed by atoms with Gasteiger partial charge in [-0.05, 0) is 30.7 Å². The van der Waals surface area contributed by atoms with E-state index in [4.69, 9.17) is 21.1 Å². The van der Waals surface area contributed by atoms with E-state index in [1.54, 1.807) is 31.5 Å². The van der Waals surface area contributed by atoms with Crippen LogP contribution in [-0.2, 0) is 11.2 Å². The number of amides is 1. The molecule has 0 spiro atoms. The average Bonchev–Trinajstić information content (AvgIpc) is 3.17. The fourth-order valence-corrected chi connectivity index (χ4v) is 3.03. The lowest BCUT2D eigenvalue weighted by Gasteiger charge is -2.13. The zero-order valence-electron chi connectivity index (χ0n) is 15.1. The summed E-state index contributed by atoms with van der Waals surface area (Å²) in [6.45, 7) is 0.952. The molecule has 1 aromatic carbocycles. The summed E-state index contributed by atoms with van der Waals surface area (Å²) in [6, 6.07) is 10.7. The second kappa shape index (κ2) is 9.55. The Bertz CT molecular complexity index is 760. The van der Waals surface area contributed by atoms with Gasteiger partial charge in [0.2, 0.25) is 5.91 Å². The number of aromatic nitrogens is 1. The van der Waals surface area contributed by atoms with E-state index in [9.17, 15) is 4.79 Å². The van der Waals surface area contributed by atoms with Crippen LogP contribution in [0.3, 0.4) is 0 Å². The molecule has 7 nitrogen and oxygen atoms in total. The van der Waals surface area contributed by atoms with Crippen molar-refractivity contribution < 1.29 is 14.3 Å². The fourth-order valence-electron chi connectivity index (χ4n) is 2.80. The first kappa shape index (κ1) is 19.4. The molecule has 3 rings (SSSR count). The van der Waals surface area contributed by atoms with E-state index < -0.39 is 0 Å². The molecule has 8 heteroatoms. The van der Waals surface area contributed by atoms with Crippen molar-refractivity contribution in [2.24, 2.45) is 0 Å². The standard InChI is InChI=1S/C19H23ClN4O3/c1-26-15-5-6-18(16(20)11-15)27-12-14-10-17(24-23-14)19(25)22-9-7-13-4-2-3-8-21-13/h2-6,8,11,14,17,23-24H,7,9-10,12H2,1H3,(H,22,25). The summed E-state index contributed by atoms with van der Waals surface area (Å²) in [5.74, 6) is 1.22. The third kappa shape index (κ3) is 5.56. The number of methoxy groups -OCH3 is 1. The van der Waals surface area contributed by atoms with Crippen LogP contribution in [0.4, 0.5) is 0 Å². The minimum absolute atomic E-state index is 0.00899. The summed E-state index contributed by atoms with van der Waals surface area (Å²) in [6.07, 6.45) is 3.08. The van der Waals surface area contributed by atoms with Gasteiger partial charge >= 0.3 is 0 Å². The van der Waals surface area contributed by atoms with Gasteiger partial charge in [0.05, 0.1) is 18.2 Å². The van der Waals surface area contributed by atoms with Crippen LogP contribution in [0.5, 0.6) is 11.5 Å². The second-order valence-corrected chi connectivity index (χ2v) is 6.65. The van der Waals surface area contributed by atoms with Gasteiger partial charge in [0.25, 0.3) is 0 Å². The third-order valence-electron chi connectivity index (χ3n) is 4.28. The van der Waals surface area contributed by atoms with Crippen molar-refractivity contribution in [3.8, 4) is 11.5 Å². The number of halogens is 1. The zero-order chi connectivity index (χ0) is 19.1. The number of rotatable bonds is 8. The molecule has 2 unspecified atom stereocenters. The normalized spacial score (nSPS) is 18.9. The first-order valence-corrected chi connectivity index (χ1v) is 9.18. The summed E-state index contributed by atoms with van der Waals surface area (Å²) in [5.41, 5.74) is 7.06. The van der Waals surface area contributed by atoms with E-state index in [1.165, 1.54) is 0 Å². The quantitative estimate of drug-likeness (QED) is 0.636. The van der Waals surface area contributed by atoms with Gasteiger partial charge in [-0.2, -0.15) is 0 Å². The maximum absolute atomic E-state index is 12.3. The van der Waals surface area contributed by atoms with E-state index in [0.717, 1.165) is 5.69 Å². The maximum Gasteiger partial charge on any atom is 0.238 e. The Morgan fingerprint density at radius 3 is 2.96 bits per heavy atom. The average molecular weight is 391 g/mol. The number of benzene rings is 1. The maximum atomic E-state index is 12.3. The SMILES string of the molecule is COc1ccc(OCC2CC(C(=O)NCCc3ccccn3)NN2)c(Cl)c1. The van der Waals surface area contributed by atoms with E-state index in [1.807, 2.05) is 18.2 Å². The molecule has 2 aromatic rings. The van der Waals surface area contributed by atoms with Gasteiger partial charge in [-0.25, -0.2) is 5.43 Å². The smallest absolute Gasteiger partial charge is 0.238 e. The number of hydrogen-bond donors (Lipinski definition) is 3. The molecule has 1 saturated heterocycles. The third-order valence-corrected chi connectivity index (χ3v) is 4.58. The molecule has 144 valence electrons. The van der Waals surface area contributed by atoms with Crippen LogP contribution in [0.1, 0.15) is 12.1 Å². The predicted molar refractivity (Wildman–Crippen MR) is 103 cm³/mol. The number of nitrogens with zero attached hydrogens (tertiary/aromatic N) is 1. The van der Waals surface area contributed by atoms with E-state index in [-0.39, 0.29) is 18.0 Å². The highest BCUT2D eigenvalue weighted by molar-refractivity contribution is 6.32. The summed E-state index contributed by atoms with van der Waals surface area (Å²) in [5, 5.41) is 3.42. The van der Waals surface area contributed by atoms with Crippen LogP contribution in [0.2, 0.25) is 5.02 Å². The van der Waals surface area contributed by atoms with Crippen molar-refractivity contribution in [3.05, 3.63) is 53.3 Å². The Hall–Kier alpha value is -2.35. The molecule has 1 aliphatic heterocycles. The Balaban J connectivity index is 1.39. The zero-order valence-corrected chi connectivity index (χ0v) is 15.8. The Morgan fingerprint density at radius 1 is 1.33 bits per heavy atom. The molecule has 0 bridgehead atoms. The fraction of sp³-hybridized carbons (Fsp3) is 0.368. The van der Waals surface area contributed by atoms with Crippen molar-refractivity contribution in [3.63, 3.8) is 0 Å². The van der Waals surface area contributed by atoms with Crippen molar-refractivity contribution in [1.29, 1.82) is 0 Å². The Labute approximate surface area is 163 Å². The monoisotopic (exact) mass is 390 g/mol. The molecule has 3 N–H and O–H groups in total. The molecule has 1 aliphatic rings. The first-order chi connectivity index (χ1) is 13.2. The van der Waals surface area contributed by atoms with E-state index in [0.29, 0.717) is 42.5 Å². The highest BCUT2D eigenvalue weighted by Gasteiger charge is 2.29. The minimum Gasteiger partial charge on any atom is -0.497 e. The summed E-state index contributed by atoms with van der Waals surface area (Å²) >= 11 is 6.17. The topological polar surface area (TPSA) is 84.5 Å². The number of carbonyl (C=O) groups is 1. The van der Waals surface area contributed by atoms with Gasteiger partial charge in [0.1, 0.15) is 24.1 Å². The molecule has 0 radical (unpaired) electrons. The predicted octanol–water partition coefficient (Wildman–Crippen LogP) is 1.72. The summed E-state index contributed by atoms with van der Waals surface area (Å²) in [7, 11) is 1.59. The van der Waals surface area contributed by atoms with Gasteiger partial charge in [0.15, 0.2) is 0 Å². The lowest BCUT2D eigenvalue weighted by molar-refractivity contribution is -0.122. The number of pyridine rings is 1. The lowest BCUT2D eigenvalue weighted by Crippen LogP contribution is -2.44. The summed E-state index contributed by atoms with van der Waals surface area (Å²) < 4.78 is 10.9. The van der Waals surface area contributed by atoms with E-state index >= 15 is 0 Å². The number of hydrazine groups is 1. The largest absolute Gasteiger partial charge is 0.497 e. The van der Waals surface area contributed by atoms with Crippen molar-refractivity contribution in [2.75, 3.05) is 20.3 Å². The van der Waals surface area contributed by atoms with Gasteiger partial charge in [-0.1, -0.05) is 17.7 Å². The van der Waals surface area contributed by atoms with Gasteiger partial charge in [0, 0.05) is 30.9 Å². The number of carbonyl (C=O) groups excluding carboxylic acids is 1. The first-order valence-electron chi connectivity index (χ1n) is 8.80. The van der Waals surface area contributed by atoms with Crippen molar-refractivity contribution in [2.45, 2.75) is 24.9 Å². The highest BCUT2D eigenvalue weighted by Crippen LogP contribution is 2.28. The van der Waals surface area contributed by atoms with Crippen LogP contribution in [0, 0.1) is 0 Å². The molecule has 2 atom stereocenters. The molecule has 27 heavy (non-hydrogen) atoms. The van der Waals surface area contributed by atoms with Gasteiger partial charge in [-0.3, -0.25) is 15.2 Å². The molecular formula is C19H23ClN4O3. The molecule has 0 aliphatic carbocycles. The van der Waals surface area contributed by atoms with Crippen LogP contribution in [0.25, 0.3) is 0 Å². The molecule has 1 aromatic heterocycles. The lowest BCUT2D eigenvalue weighted by atomic mass is 10.1. The van der Waals surface area contributed by atoms with Gasteiger partial charge < -0.3 is 14.8 Å². The van der Waals surface area contributed by atoms with Crippen LogP contribution >= 0.6 is 11.6 Å². The number of hydrogen-bond acceptors (Lipinski definition) is 6. The Kier molecular flexibility index (Phi) is 6.86. The van der Waals surface area contributed by atoms with Crippen molar-refractivity contribution >= 4 is 17.5 Å². The Morgan fingerprint density at radius 2 is 2.22 bits per heavy atom. The van der Waals surface area contributed by atoms with Crippen molar-refractivity contribution in [1.82, 2.24) is 21.2 Å². The van der Waals surface area contributed by atoms with Crippen LogP contribution in [-0.4, -0.2) is 43.2 Å². The molecule has 0 saturated carbocycles. The highest BCUT2D eigenvalue weighted by atomic mass is 35.5. The number of ether oxygens (including phenoxy) is 2. The van der Waals surface area contributed by atoms with Crippen LogP contribution < -0.4 is 25.6 Å². The van der Waals surface area contributed by atoms with Crippen LogP contribution in [0.15, 0.2) is 42.6 Å². The molecule has 1 amide bonds. The minimum atomic E-state index is -0.298. The molecule has 2 heterocycles. The number of nitrogens with one attached hydrogen (secondary N) is 3. The molecular weight excluding hydrogens is 368 g/mol. The van der Waals surface area contributed by atoms with E-state index in [2.05, 4.69) is 21.2 Å².